The highest BCUT2D eigenvalue weighted by molar-refractivity contribution is 6.38. The molecular weight excluding hydrogens is 390 g/mol. The Labute approximate surface area is 176 Å². The third-order valence-electron chi connectivity index (χ3n) is 5.17. The van der Waals surface area contributed by atoms with Gasteiger partial charge in [0.1, 0.15) is 17.9 Å². The third kappa shape index (κ3) is 4.48. The van der Waals surface area contributed by atoms with Gasteiger partial charge in [0.25, 0.3) is 5.91 Å². The number of halogens is 1. The normalized spacial score (nSPS) is 22.9. The molecular formula is C21H26ClN5O2. The SMILES string of the molecule is C/C=C/N=C(N=NC)C(=O)NC1C(C)(C)C(Oc2ccc(C#N)c(Cl)c2)C1(C)C. The van der Waals surface area contributed by atoms with Gasteiger partial charge in [0.05, 0.1) is 10.6 Å². The van der Waals surface area contributed by atoms with E-state index in [4.69, 9.17) is 21.6 Å². The summed E-state index contributed by atoms with van der Waals surface area (Å²) in [6.45, 7) is 9.93. The van der Waals surface area contributed by atoms with Gasteiger partial charge >= 0.3 is 0 Å². The van der Waals surface area contributed by atoms with Crippen LogP contribution in [-0.2, 0) is 4.79 Å². The maximum Gasteiger partial charge on any atom is 0.291 e. The second-order valence-corrected chi connectivity index (χ2v) is 8.44. The largest absolute Gasteiger partial charge is 0.489 e. The maximum atomic E-state index is 12.7. The zero-order valence-corrected chi connectivity index (χ0v) is 18.3. The van der Waals surface area contributed by atoms with E-state index in [1.807, 2.05) is 33.8 Å². The van der Waals surface area contributed by atoms with Gasteiger partial charge in [0.15, 0.2) is 0 Å². The molecule has 2 rings (SSSR count). The van der Waals surface area contributed by atoms with Gasteiger partial charge < -0.3 is 10.1 Å². The van der Waals surface area contributed by atoms with Crippen LogP contribution in [-0.4, -0.2) is 30.9 Å². The monoisotopic (exact) mass is 415 g/mol. The average molecular weight is 416 g/mol. The van der Waals surface area contributed by atoms with Crippen LogP contribution in [0, 0.1) is 22.2 Å². The van der Waals surface area contributed by atoms with E-state index in [2.05, 4.69) is 20.5 Å². The number of carbonyl (C=O) groups excluding carboxylic acids is 1. The molecule has 154 valence electrons. The van der Waals surface area contributed by atoms with Gasteiger partial charge in [-0.05, 0) is 19.1 Å². The van der Waals surface area contributed by atoms with Gasteiger partial charge in [0.2, 0.25) is 5.84 Å². The fraction of sp³-hybridized carbons (Fsp3) is 0.476. The van der Waals surface area contributed by atoms with E-state index >= 15 is 0 Å². The minimum Gasteiger partial charge on any atom is -0.489 e. The Hall–Kier alpha value is -2.72. The molecule has 0 aliphatic heterocycles. The molecule has 0 heterocycles. The van der Waals surface area contributed by atoms with Crippen LogP contribution in [0.2, 0.25) is 5.02 Å². The summed E-state index contributed by atoms with van der Waals surface area (Å²) in [5, 5.41) is 19.9. The fourth-order valence-corrected chi connectivity index (χ4v) is 4.37. The lowest BCUT2D eigenvalue weighted by Gasteiger charge is -2.63. The number of amides is 1. The molecule has 0 aromatic heterocycles. The molecule has 0 saturated heterocycles. The van der Waals surface area contributed by atoms with E-state index in [9.17, 15) is 4.79 Å². The van der Waals surface area contributed by atoms with Gasteiger partial charge in [-0.1, -0.05) is 45.4 Å². The lowest BCUT2D eigenvalue weighted by Crippen LogP contribution is -2.75. The summed E-state index contributed by atoms with van der Waals surface area (Å²) in [7, 11) is 1.49. The molecule has 1 aromatic carbocycles. The lowest BCUT2D eigenvalue weighted by atomic mass is 9.49. The maximum absolute atomic E-state index is 12.7. The first-order chi connectivity index (χ1) is 13.6. The Bertz CT molecular complexity index is 896. The molecule has 0 atom stereocenters. The number of nitriles is 1. The second kappa shape index (κ2) is 8.75. The van der Waals surface area contributed by atoms with Crippen molar-refractivity contribution in [3.8, 4) is 11.8 Å². The van der Waals surface area contributed by atoms with E-state index in [0.29, 0.717) is 16.3 Å². The molecule has 7 nitrogen and oxygen atoms in total. The Kier molecular flexibility index (Phi) is 6.81. The number of nitrogens with one attached hydrogen (secondary N) is 1. The molecule has 1 saturated carbocycles. The van der Waals surface area contributed by atoms with Crippen LogP contribution < -0.4 is 10.1 Å². The van der Waals surface area contributed by atoms with Crippen LogP contribution in [0.5, 0.6) is 5.75 Å². The molecule has 0 spiro atoms. The Morgan fingerprint density at radius 2 is 1.97 bits per heavy atom. The van der Waals surface area contributed by atoms with Crippen molar-refractivity contribution in [3.63, 3.8) is 0 Å². The van der Waals surface area contributed by atoms with Crippen molar-refractivity contribution >= 4 is 23.3 Å². The number of aliphatic imine (C=N–C) groups is 1. The van der Waals surface area contributed by atoms with Crippen LogP contribution in [0.25, 0.3) is 0 Å². The first-order valence-electron chi connectivity index (χ1n) is 9.25. The second-order valence-electron chi connectivity index (χ2n) is 8.04. The van der Waals surface area contributed by atoms with E-state index in [1.54, 1.807) is 31.2 Å². The Morgan fingerprint density at radius 3 is 2.48 bits per heavy atom. The van der Waals surface area contributed by atoms with Gasteiger partial charge in [-0.25, -0.2) is 4.99 Å². The average Bonchev–Trinajstić information content (AvgIpc) is 2.66. The smallest absolute Gasteiger partial charge is 0.291 e. The van der Waals surface area contributed by atoms with Gasteiger partial charge in [0, 0.05) is 36.2 Å². The predicted molar refractivity (Wildman–Crippen MR) is 113 cm³/mol. The quantitative estimate of drug-likeness (QED) is 0.444. The molecule has 1 N–H and O–H groups in total. The fourth-order valence-electron chi connectivity index (χ4n) is 4.16. The van der Waals surface area contributed by atoms with Crippen LogP contribution in [0.4, 0.5) is 0 Å². The number of hydrogen-bond donors (Lipinski definition) is 1. The number of carbonyl (C=O) groups is 1. The number of rotatable bonds is 4. The predicted octanol–water partition coefficient (Wildman–Crippen LogP) is 4.52. The van der Waals surface area contributed by atoms with Crippen molar-refractivity contribution < 1.29 is 9.53 Å². The van der Waals surface area contributed by atoms with E-state index in [1.165, 1.54) is 13.2 Å². The number of benzene rings is 1. The van der Waals surface area contributed by atoms with Crippen LogP contribution in [0.3, 0.4) is 0 Å². The highest BCUT2D eigenvalue weighted by atomic mass is 35.5. The first-order valence-corrected chi connectivity index (χ1v) is 9.63. The summed E-state index contributed by atoms with van der Waals surface area (Å²) in [5.41, 5.74) is -0.335. The van der Waals surface area contributed by atoms with Crippen molar-refractivity contribution in [1.82, 2.24) is 5.32 Å². The molecule has 29 heavy (non-hydrogen) atoms. The molecule has 1 aliphatic rings. The number of hydrogen-bond acceptors (Lipinski definition) is 5. The lowest BCUT2D eigenvalue weighted by molar-refractivity contribution is -0.171. The van der Waals surface area contributed by atoms with Crippen LogP contribution in [0.15, 0.2) is 45.7 Å². The summed E-state index contributed by atoms with van der Waals surface area (Å²) in [5.74, 6) is 0.195. The highest BCUT2D eigenvalue weighted by Gasteiger charge is 2.64. The van der Waals surface area contributed by atoms with E-state index in [-0.39, 0.29) is 34.7 Å². The molecule has 0 radical (unpaired) electrons. The standard InChI is InChI=1S/C21H26ClN5O2/c1-7-10-25-16(27-24-6)17(28)26-18-20(2,3)19(21(18,4)5)29-14-9-8-13(12-23)15(22)11-14/h7-11,18-19H,1-6H3,(H,26,28)/b10-7+,25-16?,27-24?. The number of amidine groups is 1. The molecule has 0 bridgehead atoms. The molecule has 8 heteroatoms. The topological polar surface area (TPSA) is 99.2 Å². The summed E-state index contributed by atoms with van der Waals surface area (Å²) in [6, 6.07) is 6.86. The third-order valence-corrected chi connectivity index (χ3v) is 5.49. The van der Waals surface area contributed by atoms with Crippen molar-refractivity contribution in [3.05, 3.63) is 41.1 Å². The summed E-state index contributed by atoms with van der Waals surface area (Å²) in [6.07, 6.45) is 3.02. The number of allylic oxidation sites excluding steroid dienone is 1. The van der Waals surface area contributed by atoms with Crippen molar-refractivity contribution in [2.45, 2.75) is 46.8 Å². The Morgan fingerprint density at radius 1 is 1.31 bits per heavy atom. The minimum atomic E-state index is -0.389. The van der Waals surface area contributed by atoms with Crippen molar-refractivity contribution in [2.24, 2.45) is 26.1 Å². The number of azo groups is 1. The van der Waals surface area contributed by atoms with Crippen LogP contribution in [0.1, 0.15) is 40.2 Å². The molecule has 1 aromatic rings. The molecule has 1 amide bonds. The van der Waals surface area contributed by atoms with Gasteiger partial charge in [-0.2, -0.15) is 10.4 Å². The Balaban J connectivity index is 2.20. The van der Waals surface area contributed by atoms with Crippen molar-refractivity contribution in [2.75, 3.05) is 7.05 Å². The number of ether oxygens (including phenoxy) is 1. The summed E-state index contributed by atoms with van der Waals surface area (Å²) in [4.78, 5) is 16.7. The highest BCUT2D eigenvalue weighted by Crippen LogP contribution is 2.55. The minimum absolute atomic E-state index is 0.000410. The zero-order valence-electron chi connectivity index (χ0n) is 17.5. The van der Waals surface area contributed by atoms with Crippen molar-refractivity contribution in [1.29, 1.82) is 5.26 Å². The van der Waals surface area contributed by atoms with E-state index in [0.717, 1.165) is 0 Å². The van der Waals surface area contributed by atoms with Gasteiger partial charge in [-0.3, -0.25) is 4.79 Å². The molecule has 0 unspecified atom stereocenters. The van der Waals surface area contributed by atoms with E-state index < -0.39 is 0 Å². The zero-order chi connectivity index (χ0) is 21.8. The van der Waals surface area contributed by atoms with Gasteiger partial charge in [-0.15, -0.1) is 5.11 Å². The van der Waals surface area contributed by atoms with Crippen LogP contribution >= 0.6 is 11.6 Å². The first kappa shape index (κ1) is 22.6. The summed E-state index contributed by atoms with van der Waals surface area (Å²) >= 11 is 6.12. The summed E-state index contributed by atoms with van der Waals surface area (Å²) < 4.78 is 6.22. The number of nitrogens with zero attached hydrogens (tertiary/aromatic N) is 4. The molecule has 1 aliphatic carbocycles. The molecule has 1 fully saturated rings.